The number of rotatable bonds is 10. The van der Waals surface area contributed by atoms with Crippen LogP contribution >= 0.6 is 0 Å². The van der Waals surface area contributed by atoms with Crippen LogP contribution in [0.4, 0.5) is 9.18 Å². The number of oxime groups is 1. The summed E-state index contributed by atoms with van der Waals surface area (Å²) in [5.41, 5.74) is 1.47. The first-order chi connectivity index (χ1) is 18.4. The Balaban J connectivity index is 1.34. The van der Waals surface area contributed by atoms with E-state index in [0.717, 1.165) is 54.4 Å². The van der Waals surface area contributed by atoms with Crippen LogP contribution in [-0.2, 0) is 4.84 Å². The molecule has 0 aromatic rings. The number of aliphatic hydroxyl groups is 1. The molecule has 4 saturated carbocycles. The van der Waals surface area contributed by atoms with Gasteiger partial charge >= 0.3 is 6.09 Å². The first-order valence-electron chi connectivity index (χ1n) is 15.6. The van der Waals surface area contributed by atoms with E-state index in [1.165, 1.54) is 43.4 Å². The molecule has 4 fully saturated rings. The van der Waals surface area contributed by atoms with Crippen LogP contribution in [-0.4, -0.2) is 92.9 Å². The second kappa shape index (κ2) is 12.3. The maximum absolute atomic E-state index is 13.2. The summed E-state index contributed by atoms with van der Waals surface area (Å²) in [5.74, 6) is 3.20. The van der Waals surface area contributed by atoms with Crippen molar-refractivity contribution in [2.45, 2.75) is 84.7 Å². The fourth-order valence-electron chi connectivity index (χ4n) is 9.30. The largest absolute Gasteiger partial charge is 0.436 e. The van der Waals surface area contributed by atoms with E-state index in [1.54, 1.807) is 0 Å². The highest BCUT2D eigenvalue weighted by atomic mass is 19.1. The van der Waals surface area contributed by atoms with Gasteiger partial charge in [0.15, 0.2) is 0 Å². The molecule has 8 atom stereocenters. The molecule has 39 heavy (non-hydrogen) atoms. The van der Waals surface area contributed by atoms with Crippen molar-refractivity contribution in [2.75, 3.05) is 60.5 Å². The van der Waals surface area contributed by atoms with Crippen molar-refractivity contribution < 1.29 is 23.6 Å². The van der Waals surface area contributed by atoms with E-state index in [-0.39, 0.29) is 18.1 Å². The van der Waals surface area contributed by atoms with Gasteiger partial charge < -0.3 is 19.8 Å². The van der Waals surface area contributed by atoms with Crippen LogP contribution in [0.25, 0.3) is 0 Å². The molecule has 2 N–H and O–H groups in total. The number of amides is 1. The second-order valence-electron chi connectivity index (χ2n) is 14.8. The number of fused-ring (bicyclic) bond motifs is 5. The van der Waals surface area contributed by atoms with E-state index in [2.05, 4.69) is 45.5 Å². The number of carbonyl (C=O) groups excluding carboxylic acids is 1. The van der Waals surface area contributed by atoms with Gasteiger partial charge in [-0.15, -0.1) is 0 Å². The molecule has 0 saturated heterocycles. The minimum atomic E-state index is -0.597. The smallest absolute Gasteiger partial charge is 0.393 e. The zero-order valence-electron chi connectivity index (χ0n) is 25.6. The summed E-state index contributed by atoms with van der Waals surface area (Å²) in [5, 5.41) is 18.0. The van der Waals surface area contributed by atoms with Gasteiger partial charge in [-0.1, -0.05) is 19.0 Å². The fourth-order valence-corrected chi connectivity index (χ4v) is 9.30. The lowest BCUT2D eigenvalue weighted by atomic mass is 9.44. The summed E-state index contributed by atoms with van der Waals surface area (Å²) in [6.45, 7) is 9.25. The Kier molecular flexibility index (Phi) is 9.70. The first-order valence-corrected chi connectivity index (χ1v) is 15.6. The predicted molar refractivity (Wildman–Crippen MR) is 154 cm³/mol. The molecule has 0 radical (unpaired) electrons. The average Bonchev–Trinajstić information content (AvgIpc) is 3.23. The SMILES string of the molecule is C/C(=N\OC(=O)N(CCF)CCNCC[N+](C)(C)C)[C@H]1CC[C@H]2[C@@H]3CC[C@@H]4C[C@@H](O)CC[C@]4(C)[C@H]3CC[C@]12C. The number of nitrogens with zero attached hydrogens (tertiary/aromatic N) is 3. The number of quaternary nitrogens is 1. The van der Waals surface area contributed by atoms with Crippen LogP contribution < -0.4 is 5.32 Å². The Morgan fingerprint density at radius 2 is 1.74 bits per heavy atom. The van der Waals surface area contributed by atoms with Gasteiger partial charge in [0, 0.05) is 25.6 Å². The van der Waals surface area contributed by atoms with Crippen LogP contribution in [0, 0.1) is 40.4 Å². The molecule has 4 aliphatic carbocycles. The molecule has 0 aromatic carbocycles. The van der Waals surface area contributed by atoms with Gasteiger partial charge in [0.05, 0.1) is 46.0 Å². The van der Waals surface area contributed by atoms with Crippen molar-refractivity contribution in [1.29, 1.82) is 0 Å². The average molecular weight is 552 g/mol. The highest BCUT2D eigenvalue weighted by Gasteiger charge is 2.60. The zero-order valence-corrected chi connectivity index (χ0v) is 25.6. The summed E-state index contributed by atoms with van der Waals surface area (Å²) >= 11 is 0. The standard InChI is InChI=1S/C31H56FN4O3/c1-22(34-39-29(38)35(18-15-32)19-16-33-17-20-36(4,5)6)26-9-10-27-25-8-7-23-21-24(37)11-13-30(23,2)28(25)12-14-31(26,27)3/h23-28,33,37H,7-21H2,1-6H3/q+1/b34-22+/t23-,24+,25+,26-,27+,28+,30+,31-/m1/s1. The number of hydrogen-bond donors (Lipinski definition) is 2. The van der Waals surface area contributed by atoms with Crippen LogP contribution in [0.2, 0.25) is 0 Å². The maximum Gasteiger partial charge on any atom is 0.436 e. The van der Waals surface area contributed by atoms with Crippen LogP contribution in [0.15, 0.2) is 5.16 Å². The third kappa shape index (κ3) is 6.64. The van der Waals surface area contributed by atoms with Crippen molar-refractivity contribution in [3.05, 3.63) is 0 Å². The molecule has 8 heteroatoms. The fraction of sp³-hybridized carbons (Fsp3) is 0.935. The predicted octanol–water partition coefficient (Wildman–Crippen LogP) is 5.09. The number of aliphatic hydroxyl groups excluding tert-OH is 1. The maximum atomic E-state index is 13.2. The molecule has 224 valence electrons. The van der Waals surface area contributed by atoms with Gasteiger partial charge in [-0.05, 0) is 99.2 Å². The van der Waals surface area contributed by atoms with E-state index < -0.39 is 12.8 Å². The molecule has 7 nitrogen and oxygen atoms in total. The Hall–Kier alpha value is -1.25. The Labute approximate surface area is 236 Å². The summed E-state index contributed by atoms with van der Waals surface area (Å²) in [4.78, 5) is 19.6. The molecule has 0 unspecified atom stereocenters. The lowest BCUT2D eigenvalue weighted by molar-refractivity contribution is -0.869. The monoisotopic (exact) mass is 551 g/mol. The van der Waals surface area contributed by atoms with Gasteiger partial charge in [-0.25, -0.2) is 9.18 Å². The van der Waals surface area contributed by atoms with Crippen molar-refractivity contribution in [3.8, 4) is 0 Å². The highest BCUT2D eigenvalue weighted by molar-refractivity contribution is 5.85. The molecule has 4 aliphatic rings. The minimum Gasteiger partial charge on any atom is -0.393 e. The van der Waals surface area contributed by atoms with Gasteiger partial charge in [0.2, 0.25) is 0 Å². The van der Waals surface area contributed by atoms with Crippen molar-refractivity contribution in [1.82, 2.24) is 10.2 Å². The number of hydrogen-bond acceptors (Lipinski definition) is 5. The zero-order chi connectivity index (χ0) is 28.4. The lowest BCUT2D eigenvalue weighted by Crippen LogP contribution is -2.54. The number of nitrogens with one attached hydrogen (secondary N) is 1. The van der Waals surface area contributed by atoms with E-state index in [9.17, 15) is 14.3 Å². The molecular weight excluding hydrogens is 495 g/mol. The molecule has 0 aromatic heterocycles. The summed E-state index contributed by atoms with van der Waals surface area (Å²) < 4.78 is 14.0. The van der Waals surface area contributed by atoms with Crippen molar-refractivity contribution in [3.63, 3.8) is 0 Å². The van der Waals surface area contributed by atoms with Crippen LogP contribution in [0.1, 0.15) is 78.6 Å². The Morgan fingerprint density at radius 1 is 1.03 bits per heavy atom. The van der Waals surface area contributed by atoms with E-state index in [0.29, 0.717) is 36.3 Å². The first kappa shape index (κ1) is 30.7. The van der Waals surface area contributed by atoms with Crippen molar-refractivity contribution >= 4 is 11.8 Å². The van der Waals surface area contributed by atoms with E-state index in [4.69, 9.17) is 4.84 Å². The van der Waals surface area contributed by atoms with Crippen LogP contribution in [0.3, 0.4) is 0 Å². The molecule has 0 spiro atoms. The van der Waals surface area contributed by atoms with E-state index in [1.807, 2.05) is 6.92 Å². The third-order valence-corrected chi connectivity index (χ3v) is 11.5. The number of halogens is 1. The number of carbonyl (C=O) groups is 1. The normalized spacial score (nSPS) is 38.5. The van der Waals surface area contributed by atoms with Crippen LogP contribution in [0.5, 0.6) is 0 Å². The second-order valence-corrected chi connectivity index (χ2v) is 14.8. The topological polar surface area (TPSA) is 74.2 Å². The molecule has 0 heterocycles. The molecule has 1 amide bonds. The molecule has 4 rings (SSSR count). The van der Waals surface area contributed by atoms with Crippen molar-refractivity contribution in [2.24, 2.45) is 45.6 Å². The summed E-state index contributed by atoms with van der Waals surface area (Å²) in [6, 6.07) is 0. The lowest BCUT2D eigenvalue weighted by Gasteiger charge is -2.61. The van der Waals surface area contributed by atoms with E-state index >= 15 is 0 Å². The van der Waals surface area contributed by atoms with Gasteiger partial charge in [-0.3, -0.25) is 4.84 Å². The highest BCUT2D eigenvalue weighted by Crippen LogP contribution is 2.67. The third-order valence-electron chi connectivity index (χ3n) is 11.5. The van der Waals surface area contributed by atoms with Gasteiger partial charge in [0.1, 0.15) is 6.67 Å². The minimum absolute atomic E-state index is 0.0213. The summed E-state index contributed by atoms with van der Waals surface area (Å²) in [7, 11) is 6.42. The summed E-state index contributed by atoms with van der Waals surface area (Å²) in [6.07, 6.45) is 9.78. The molecule has 0 bridgehead atoms. The number of alkyl halides is 1. The quantitative estimate of drug-likeness (QED) is 0.130. The number of likely N-dealkylation sites (N-methyl/N-ethyl adjacent to an activating group) is 1. The Bertz CT molecular complexity index is 878. The molecule has 0 aliphatic heterocycles. The van der Waals surface area contributed by atoms with Gasteiger partial charge in [0.25, 0.3) is 0 Å². The van der Waals surface area contributed by atoms with Gasteiger partial charge in [-0.2, -0.15) is 0 Å². The molecular formula is C31H56FN4O3+. The Morgan fingerprint density at radius 3 is 2.46 bits per heavy atom.